The van der Waals surface area contributed by atoms with Gasteiger partial charge in [0.25, 0.3) is 0 Å². The van der Waals surface area contributed by atoms with Gasteiger partial charge in [-0.25, -0.2) is 4.57 Å². The van der Waals surface area contributed by atoms with Crippen molar-refractivity contribution >= 4 is 15.4 Å². The molecule has 0 radical (unpaired) electrons. The van der Waals surface area contributed by atoms with Gasteiger partial charge < -0.3 is 24.1 Å². The van der Waals surface area contributed by atoms with Gasteiger partial charge in [0.15, 0.2) is 5.85 Å². The number of nitrogens with zero attached hydrogens (tertiary/aromatic N) is 1. The molecule has 0 spiro atoms. The molecule has 1 aliphatic heterocycles. The van der Waals surface area contributed by atoms with Crippen molar-refractivity contribution in [2.75, 3.05) is 20.6 Å². The molecule has 1 fully saturated rings. The van der Waals surface area contributed by atoms with E-state index in [0.29, 0.717) is 10.4 Å². The van der Waals surface area contributed by atoms with Crippen molar-refractivity contribution in [3.63, 3.8) is 0 Å². The van der Waals surface area contributed by atoms with Crippen LogP contribution in [0, 0.1) is 5.92 Å². The minimum Gasteiger partial charge on any atom is -0.326 e. The molecule has 20 heavy (non-hydrogen) atoms. The number of hydrogen-bond acceptors (Lipinski definition) is 3. The quantitative estimate of drug-likeness (QED) is 0.435. The largest absolute Gasteiger partial charge is 0.470 e. The Bertz CT molecular complexity index is 429. The molecule has 4 N–H and O–H groups in total. The van der Waals surface area contributed by atoms with E-state index in [9.17, 15) is 18.9 Å². The number of piperidine rings is 1. The zero-order valence-corrected chi connectivity index (χ0v) is 13.7. The Morgan fingerprint density at radius 1 is 1.20 bits per heavy atom. The van der Waals surface area contributed by atoms with Gasteiger partial charge >= 0.3 is 15.4 Å². The Morgan fingerprint density at radius 2 is 1.75 bits per heavy atom. The molecule has 10 heteroatoms. The van der Waals surface area contributed by atoms with Crippen LogP contribution in [0.3, 0.4) is 0 Å². The van der Waals surface area contributed by atoms with Crippen LogP contribution in [0.4, 0.5) is 0 Å². The fourth-order valence-corrected chi connectivity index (χ4v) is 4.69. The van der Waals surface area contributed by atoms with Gasteiger partial charge in [0.2, 0.25) is 0 Å². The van der Waals surface area contributed by atoms with Gasteiger partial charge in [-0.3, -0.25) is 9.09 Å². The van der Waals surface area contributed by atoms with E-state index in [1.54, 1.807) is 0 Å². The molecular formula is C10H24NO7P2+. The molecule has 3 atom stereocenters. The second-order valence-electron chi connectivity index (χ2n) is 6.17. The molecule has 0 amide bonds. The summed E-state index contributed by atoms with van der Waals surface area (Å²) in [7, 11) is -5.77. The first-order valence-electron chi connectivity index (χ1n) is 6.43. The highest BCUT2D eigenvalue weighted by Crippen LogP contribution is 2.52. The number of rotatable bonds is 5. The number of likely N-dealkylation sites (tertiary alicyclic amines) is 1. The number of quaternary nitrogens is 1. The van der Waals surface area contributed by atoms with Crippen LogP contribution in [0.2, 0.25) is 0 Å². The standard InChI is InChI=1S/C10H23NO7P2/c1-8-4-5-9(11(2,3)7-8)6-10(19(12,13)14)18-20(15,16)17/h8-10H,4-7H2,1-3H3,(H3-,12,13,14,15,16,17)/p+1. The molecule has 1 rings (SSSR count). The SMILES string of the molecule is CC1CCC(CC(OP(=O)(O)O)P(=O)(O)O)[N+](C)(C)C1. The van der Waals surface area contributed by atoms with Crippen LogP contribution in [0.5, 0.6) is 0 Å². The van der Waals surface area contributed by atoms with Gasteiger partial charge in [0, 0.05) is 18.8 Å². The van der Waals surface area contributed by atoms with E-state index in [4.69, 9.17) is 9.79 Å². The Labute approximate surface area is 118 Å². The lowest BCUT2D eigenvalue weighted by Gasteiger charge is -2.45. The summed E-state index contributed by atoms with van der Waals surface area (Å²) in [4.78, 5) is 36.0. The summed E-state index contributed by atoms with van der Waals surface area (Å²) in [5, 5.41) is 0. The van der Waals surface area contributed by atoms with Crippen LogP contribution in [0.15, 0.2) is 0 Å². The fraction of sp³-hybridized carbons (Fsp3) is 1.00. The lowest BCUT2D eigenvalue weighted by molar-refractivity contribution is -0.924. The molecule has 0 saturated carbocycles. The molecule has 0 aromatic rings. The minimum absolute atomic E-state index is 0.0743. The third-order valence-electron chi connectivity index (χ3n) is 3.87. The van der Waals surface area contributed by atoms with E-state index in [0.717, 1.165) is 19.4 Å². The molecule has 0 aromatic carbocycles. The second kappa shape index (κ2) is 6.15. The van der Waals surface area contributed by atoms with Crippen LogP contribution < -0.4 is 0 Å². The van der Waals surface area contributed by atoms with Gasteiger partial charge in [-0.05, 0) is 6.42 Å². The first-order valence-corrected chi connectivity index (χ1v) is 9.64. The van der Waals surface area contributed by atoms with Crippen LogP contribution in [-0.4, -0.2) is 56.6 Å². The van der Waals surface area contributed by atoms with E-state index in [-0.39, 0.29) is 12.5 Å². The van der Waals surface area contributed by atoms with E-state index in [1.165, 1.54) is 0 Å². The lowest BCUT2D eigenvalue weighted by Crippen LogP contribution is -2.55. The molecule has 0 aliphatic carbocycles. The van der Waals surface area contributed by atoms with Crippen LogP contribution in [0.25, 0.3) is 0 Å². The van der Waals surface area contributed by atoms with Crippen molar-refractivity contribution in [2.45, 2.75) is 38.1 Å². The minimum atomic E-state index is -4.94. The van der Waals surface area contributed by atoms with Gasteiger partial charge in [-0.2, -0.15) is 0 Å². The normalized spacial score (nSPS) is 29.1. The third-order valence-corrected chi connectivity index (χ3v) is 5.63. The van der Waals surface area contributed by atoms with Gasteiger partial charge in [-0.15, -0.1) is 0 Å². The van der Waals surface area contributed by atoms with Crippen molar-refractivity contribution in [1.29, 1.82) is 0 Å². The van der Waals surface area contributed by atoms with Gasteiger partial charge in [0.05, 0.1) is 26.7 Å². The smallest absolute Gasteiger partial charge is 0.326 e. The van der Waals surface area contributed by atoms with Crippen LogP contribution >= 0.6 is 15.4 Å². The number of hydrogen-bond donors (Lipinski definition) is 4. The summed E-state index contributed by atoms with van der Waals surface area (Å²) in [5.41, 5.74) is 0. The highest BCUT2D eigenvalue weighted by Gasteiger charge is 2.43. The molecule has 0 bridgehead atoms. The molecular weight excluding hydrogens is 308 g/mol. The fourth-order valence-electron chi connectivity index (χ4n) is 2.91. The lowest BCUT2D eigenvalue weighted by atomic mass is 9.91. The first kappa shape index (κ1) is 18.3. The van der Waals surface area contributed by atoms with Crippen LogP contribution in [-0.2, 0) is 13.7 Å². The number of phosphoric ester groups is 1. The predicted octanol–water partition coefficient (Wildman–Crippen LogP) is 0.864. The average molecular weight is 332 g/mol. The van der Waals surface area contributed by atoms with E-state index < -0.39 is 21.3 Å². The Morgan fingerprint density at radius 3 is 2.15 bits per heavy atom. The zero-order valence-electron chi connectivity index (χ0n) is 11.9. The molecule has 0 aromatic heterocycles. The third kappa shape index (κ3) is 5.54. The highest BCUT2D eigenvalue weighted by atomic mass is 31.2. The maximum atomic E-state index is 11.4. The molecule has 1 saturated heterocycles. The summed E-state index contributed by atoms with van der Waals surface area (Å²) in [6, 6.07) is -0.102. The molecule has 120 valence electrons. The van der Waals surface area contributed by atoms with E-state index in [2.05, 4.69) is 11.4 Å². The van der Waals surface area contributed by atoms with E-state index in [1.807, 2.05) is 14.1 Å². The second-order valence-corrected chi connectivity index (χ2v) is 9.12. The predicted molar refractivity (Wildman–Crippen MR) is 72.7 cm³/mol. The van der Waals surface area contributed by atoms with E-state index >= 15 is 0 Å². The summed E-state index contributed by atoms with van der Waals surface area (Å²) in [6.07, 6.45) is 1.60. The molecule has 8 nitrogen and oxygen atoms in total. The Balaban J connectivity index is 2.85. The molecule has 1 aliphatic rings. The highest BCUT2D eigenvalue weighted by molar-refractivity contribution is 7.53. The maximum absolute atomic E-state index is 11.4. The zero-order chi connectivity index (χ0) is 15.8. The van der Waals surface area contributed by atoms with Crippen molar-refractivity contribution in [1.82, 2.24) is 0 Å². The van der Waals surface area contributed by atoms with Crippen molar-refractivity contribution < 1.29 is 37.7 Å². The molecule has 3 unspecified atom stereocenters. The van der Waals surface area contributed by atoms with Crippen molar-refractivity contribution in [2.24, 2.45) is 5.92 Å². The number of phosphoric acid groups is 1. The molecule has 1 heterocycles. The summed E-state index contributed by atoms with van der Waals surface area (Å²) < 4.78 is 27.1. The van der Waals surface area contributed by atoms with Gasteiger partial charge in [0.1, 0.15) is 0 Å². The topological polar surface area (TPSA) is 124 Å². The summed E-state index contributed by atoms with van der Waals surface area (Å²) >= 11 is 0. The Hall–Kier alpha value is 0.220. The van der Waals surface area contributed by atoms with Crippen LogP contribution in [0.1, 0.15) is 26.2 Å². The summed E-state index contributed by atoms with van der Waals surface area (Å²) in [5.74, 6) is -1.25. The maximum Gasteiger partial charge on any atom is 0.470 e. The Kier molecular flexibility index (Phi) is 5.61. The first-order chi connectivity index (χ1) is 8.81. The summed E-state index contributed by atoms with van der Waals surface area (Å²) in [6.45, 7) is 2.97. The van der Waals surface area contributed by atoms with Crippen molar-refractivity contribution in [3.8, 4) is 0 Å². The monoisotopic (exact) mass is 332 g/mol. The van der Waals surface area contributed by atoms with Gasteiger partial charge in [-0.1, -0.05) is 6.92 Å². The average Bonchev–Trinajstić information content (AvgIpc) is 2.16. The van der Waals surface area contributed by atoms with Crippen molar-refractivity contribution in [3.05, 3.63) is 0 Å².